The Bertz CT molecular complexity index is 450. The SMILES string of the molecule is Clc1cccc(CN2CCC3NCCCC3C2)c1Cl. The summed E-state index contributed by atoms with van der Waals surface area (Å²) in [5.41, 5.74) is 1.15. The highest BCUT2D eigenvalue weighted by molar-refractivity contribution is 6.42. The standard InChI is InChI=1S/C15H20Cl2N2/c16-13-5-1-3-12(15(13)17)10-19-8-6-14-11(9-19)4-2-7-18-14/h1,3,5,11,14,18H,2,4,6-10H2. The Morgan fingerprint density at radius 1 is 1.26 bits per heavy atom. The van der Waals surface area contributed by atoms with Gasteiger partial charge in [-0.1, -0.05) is 35.3 Å². The third kappa shape index (κ3) is 3.08. The lowest BCUT2D eigenvalue weighted by Crippen LogP contribution is -2.51. The van der Waals surface area contributed by atoms with Crippen molar-refractivity contribution in [3.8, 4) is 0 Å². The summed E-state index contributed by atoms with van der Waals surface area (Å²) in [6, 6.07) is 6.66. The van der Waals surface area contributed by atoms with Gasteiger partial charge in [-0.3, -0.25) is 4.90 Å². The molecule has 0 bridgehead atoms. The fraction of sp³-hybridized carbons (Fsp3) is 0.600. The maximum atomic E-state index is 6.28. The van der Waals surface area contributed by atoms with Crippen LogP contribution in [0.4, 0.5) is 0 Å². The van der Waals surface area contributed by atoms with E-state index in [4.69, 9.17) is 23.2 Å². The quantitative estimate of drug-likeness (QED) is 0.898. The first-order valence-corrected chi connectivity index (χ1v) is 7.88. The van der Waals surface area contributed by atoms with E-state index in [0.717, 1.165) is 30.6 Å². The summed E-state index contributed by atoms with van der Waals surface area (Å²) in [5, 5.41) is 5.03. The predicted molar refractivity (Wildman–Crippen MR) is 80.9 cm³/mol. The third-order valence-corrected chi connectivity index (χ3v) is 5.26. The monoisotopic (exact) mass is 298 g/mol. The van der Waals surface area contributed by atoms with Gasteiger partial charge in [0.25, 0.3) is 0 Å². The maximum absolute atomic E-state index is 6.28. The van der Waals surface area contributed by atoms with Crippen molar-refractivity contribution in [2.24, 2.45) is 5.92 Å². The first-order valence-electron chi connectivity index (χ1n) is 7.12. The van der Waals surface area contributed by atoms with Gasteiger partial charge in [0, 0.05) is 19.1 Å². The Morgan fingerprint density at radius 3 is 3.05 bits per heavy atom. The highest BCUT2D eigenvalue weighted by Crippen LogP contribution is 2.29. The first-order chi connectivity index (χ1) is 9.24. The highest BCUT2D eigenvalue weighted by atomic mass is 35.5. The van der Waals surface area contributed by atoms with E-state index in [1.54, 1.807) is 0 Å². The molecular weight excluding hydrogens is 279 g/mol. The molecule has 104 valence electrons. The first kappa shape index (κ1) is 13.7. The third-order valence-electron chi connectivity index (χ3n) is 4.40. The number of hydrogen-bond acceptors (Lipinski definition) is 2. The van der Waals surface area contributed by atoms with Crippen LogP contribution in [0.5, 0.6) is 0 Å². The summed E-state index contributed by atoms with van der Waals surface area (Å²) in [6.45, 7) is 4.45. The highest BCUT2D eigenvalue weighted by Gasteiger charge is 2.30. The Kier molecular flexibility index (Phi) is 4.33. The van der Waals surface area contributed by atoms with Crippen LogP contribution in [-0.2, 0) is 6.54 Å². The van der Waals surface area contributed by atoms with Crippen LogP contribution in [-0.4, -0.2) is 30.6 Å². The Labute approximate surface area is 125 Å². The number of fused-ring (bicyclic) bond motifs is 1. The van der Waals surface area contributed by atoms with Gasteiger partial charge in [0.15, 0.2) is 0 Å². The lowest BCUT2D eigenvalue weighted by molar-refractivity contribution is 0.109. The van der Waals surface area contributed by atoms with Gasteiger partial charge < -0.3 is 5.32 Å². The summed E-state index contributed by atoms with van der Waals surface area (Å²) in [4.78, 5) is 2.52. The molecule has 0 spiro atoms. The average molecular weight is 299 g/mol. The van der Waals surface area contributed by atoms with E-state index in [1.165, 1.54) is 32.4 Å². The second kappa shape index (κ2) is 6.01. The van der Waals surface area contributed by atoms with Crippen LogP contribution in [0.2, 0.25) is 10.0 Å². The summed E-state index contributed by atoms with van der Waals surface area (Å²) >= 11 is 12.4. The smallest absolute Gasteiger partial charge is 0.0637 e. The summed E-state index contributed by atoms with van der Waals surface area (Å²) < 4.78 is 0. The van der Waals surface area contributed by atoms with Crippen molar-refractivity contribution in [2.45, 2.75) is 31.8 Å². The van der Waals surface area contributed by atoms with Crippen LogP contribution in [0.3, 0.4) is 0 Å². The van der Waals surface area contributed by atoms with E-state index in [-0.39, 0.29) is 0 Å². The molecule has 0 radical (unpaired) electrons. The zero-order valence-corrected chi connectivity index (χ0v) is 12.6. The van der Waals surface area contributed by atoms with Crippen molar-refractivity contribution in [3.63, 3.8) is 0 Å². The molecule has 2 saturated heterocycles. The number of hydrogen-bond donors (Lipinski definition) is 1. The van der Waals surface area contributed by atoms with E-state index in [9.17, 15) is 0 Å². The number of nitrogens with zero attached hydrogens (tertiary/aromatic N) is 1. The Morgan fingerprint density at radius 2 is 2.16 bits per heavy atom. The second-order valence-electron chi connectivity index (χ2n) is 5.70. The van der Waals surface area contributed by atoms with Gasteiger partial charge in [-0.25, -0.2) is 0 Å². The van der Waals surface area contributed by atoms with Gasteiger partial charge in [0.05, 0.1) is 10.0 Å². The summed E-state index contributed by atoms with van der Waals surface area (Å²) in [7, 11) is 0. The molecule has 2 atom stereocenters. The van der Waals surface area contributed by atoms with Gasteiger partial charge in [-0.15, -0.1) is 0 Å². The zero-order chi connectivity index (χ0) is 13.2. The van der Waals surface area contributed by atoms with Crippen LogP contribution in [0, 0.1) is 5.92 Å². The number of benzene rings is 1. The molecule has 4 heteroatoms. The summed E-state index contributed by atoms with van der Waals surface area (Å²) in [6.07, 6.45) is 3.92. The average Bonchev–Trinajstić information content (AvgIpc) is 2.44. The molecule has 1 aromatic rings. The molecule has 0 amide bonds. The molecular formula is C15H20Cl2N2. The lowest BCUT2D eigenvalue weighted by atomic mass is 9.85. The van der Waals surface area contributed by atoms with Crippen molar-refractivity contribution in [2.75, 3.05) is 19.6 Å². The van der Waals surface area contributed by atoms with Crippen LogP contribution in [0.1, 0.15) is 24.8 Å². The Hall–Kier alpha value is -0.280. The molecule has 19 heavy (non-hydrogen) atoms. The fourth-order valence-electron chi connectivity index (χ4n) is 3.38. The number of piperidine rings is 2. The minimum absolute atomic E-state index is 0.661. The van der Waals surface area contributed by atoms with E-state index in [0.29, 0.717) is 10.0 Å². The molecule has 0 aromatic heterocycles. The molecule has 2 nitrogen and oxygen atoms in total. The van der Waals surface area contributed by atoms with E-state index < -0.39 is 0 Å². The van der Waals surface area contributed by atoms with Crippen molar-refractivity contribution in [3.05, 3.63) is 33.8 Å². The van der Waals surface area contributed by atoms with Gasteiger partial charge in [0.1, 0.15) is 0 Å². The number of nitrogens with one attached hydrogen (secondary N) is 1. The normalized spacial score (nSPS) is 28.1. The van der Waals surface area contributed by atoms with Crippen molar-refractivity contribution in [1.82, 2.24) is 10.2 Å². The van der Waals surface area contributed by atoms with Gasteiger partial charge in [0.2, 0.25) is 0 Å². The van der Waals surface area contributed by atoms with Crippen molar-refractivity contribution >= 4 is 23.2 Å². The molecule has 1 aromatic carbocycles. The molecule has 2 heterocycles. The van der Waals surface area contributed by atoms with Crippen LogP contribution in [0.15, 0.2) is 18.2 Å². The Balaban J connectivity index is 1.66. The van der Waals surface area contributed by atoms with Gasteiger partial charge in [-0.05, 0) is 49.9 Å². The summed E-state index contributed by atoms with van der Waals surface area (Å²) in [5.74, 6) is 0.806. The number of halogens is 2. The molecule has 3 rings (SSSR count). The van der Waals surface area contributed by atoms with E-state index in [1.807, 2.05) is 12.1 Å². The minimum Gasteiger partial charge on any atom is -0.314 e. The zero-order valence-electron chi connectivity index (χ0n) is 11.0. The molecule has 0 saturated carbocycles. The molecule has 1 N–H and O–H groups in total. The number of rotatable bonds is 2. The lowest BCUT2D eigenvalue weighted by Gasteiger charge is -2.41. The molecule has 2 aliphatic rings. The maximum Gasteiger partial charge on any atom is 0.0637 e. The van der Waals surface area contributed by atoms with E-state index >= 15 is 0 Å². The molecule has 2 fully saturated rings. The van der Waals surface area contributed by atoms with Crippen molar-refractivity contribution in [1.29, 1.82) is 0 Å². The fourth-order valence-corrected chi connectivity index (χ4v) is 3.76. The number of likely N-dealkylation sites (tertiary alicyclic amines) is 1. The largest absolute Gasteiger partial charge is 0.314 e. The molecule has 0 aliphatic carbocycles. The van der Waals surface area contributed by atoms with E-state index in [2.05, 4.69) is 16.3 Å². The minimum atomic E-state index is 0.661. The van der Waals surface area contributed by atoms with Crippen molar-refractivity contribution < 1.29 is 0 Å². The second-order valence-corrected chi connectivity index (χ2v) is 6.48. The van der Waals surface area contributed by atoms with Crippen LogP contribution in [0.25, 0.3) is 0 Å². The van der Waals surface area contributed by atoms with Gasteiger partial charge in [-0.2, -0.15) is 0 Å². The molecule has 2 aliphatic heterocycles. The molecule has 2 unspecified atom stereocenters. The van der Waals surface area contributed by atoms with Gasteiger partial charge >= 0.3 is 0 Å². The topological polar surface area (TPSA) is 15.3 Å². The predicted octanol–water partition coefficient (Wildman–Crippen LogP) is 3.57. The van der Waals surface area contributed by atoms with Crippen LogP contribution >= 0.6 is 23.2 Å². The van der Waals surface area contributed by atoms with Crippen LogP contribution < -0.4 is 5.32 Å².